The van der Waals surface area contributed by atoms with Crippen LogP contribution in [-0.4, -0.2) is 41.8 Å². The van der Waals surface area contributed by atoms with E-state index in [9.17, 15) is 4.79 Å². The molecule has 0 aromatic rings. The highest BCUT2D eigenvalue weighted by Crippen LogP contribution is 2.30. The molecule has 2 aliphatic rings. The fourth-order valence-electron chi connectivity index (χ4n) is 4.30. The first-order valence-corrected chi connectivity index (χ1v) is 9.89. The maximum Gasteiger partial charge on any atom is 0.410 e. The highest BCUT2D eigenvalue weighted by molar-refractivity contribution is 5.68. The van der Waals surface area contributed by atoms with Crippen LogP contribution in [0.5, 0.6) is 0 Å². The van der Waals surface area contributed by atoms with Gasteiger partial charge in [0.05, 0.1) is 0 Å². The van der Waals surface area contributed by atoms with Gasteiger partial charge in [-0.1, -0.05) is 13.8 Å². The van der Waals surface area contributed by atoms with E-state index in [1.54, 1.807) is 0 Å². The van der Waals surface area contributed by atoms with Gasteiger partial charge in [0.1, 0.15) is 5.60 Å². The van der Waals surface area contributed by atoms with E-state index in [0.717, 1.165) is 31.3 Å². The van der Waals surface area contributed by atoms with Crippen molar-refractivity contribution in [2.45, 2.75) is 91.3 Å². The number of nitrogens with zero attached hydrogens (tertiary/aromatic N) is 1. The Labute approximate surface area is 148 Å². The van der Waals surface area contributed by atoms with Crippen molar-refractivity contribution in [1.29, 1.82) is 0 Å². The Kier molecular flexibility index (Phi) is 6.58. The first-order chi connectivity index (χ1) is 11.2. The zero-order valence-electron chi connectivity index (χ0n) is 16.6. The van der Waals surface area contributed by atoms with Crippen LogP contribution in [-0.2, 0) is 4.74 Å². The van der Waals surface area contributed by atoms with E-state index < -0.39 is 5.60 Å². The van der Waals surface area contributed by atoms with Crippen LogP contribution in [0.25, 0.3) is 0 Å². The lowest BCUT2D eigenvalue weighted by atomic mass is 9.79. The van der Waals surface area contributed by atoms with Crippen LogP contribution in [0.4, 0.5) is 4.79 Å². The van der Waals surface area contributed by atoms with Gasteiger partial charge in [-0.25, -0.2) is 4.79 Å². The summed E-state index contributed by atoms with van der Waals surface area (Å²) in [6, 6.07) is 1.09. The molecule has 24 heavy (non-hydrogen) atoms. The van der Waals surface area contributed by atoms with Crippen LogP contribution >= 0.6 is 0 Å². The zero-order chi connectivity index (χ0) is 17.9. The lowest BCUT2D eigenvalue weighted by Gasteiger charge is -2.40. The molecule has 5 atom stereocenters. The van der Waals surface area contributed by atoms with Crippen molar-refractivity contribution in [2.24, 2.45) is 17.8 Å². The molecule has 0 spiro atoms. The molecule has 2 fully saturated rings. The molecule has 1 N–H and O–H groups in total. The topological polar surface area (TPSA) is 41.6 Å². The average molecular weight is 339 g/mol. The highest BCUT2D eigenvalue weighted by atomic mass is 16.6. The number of ether oxygens (including phenoxy) is 1. The Hall–Kier alpha value is -0.770. The molecule has 0 aromatic carbocycles. The summed E-state index contributed by atoms with van der Waals surface area (Å²) in [4.78, 5) is 14.3. The highest BCUT2D eigenvalue weighted by Gasteiger charge is 2.32. The summed E-state index contributed by atoms with van der Waals surface area (Å²) in [5.41, 5.74) is -0.415. The van der Waals surface area contributed by atoms with Crippen molar-refractivity contribution >= 4 is 6.09 Å². The predicted octanol–water partition coefficient (Wildman–Crippen LogP) is 4.44. The fraction of sp³-hybridized carbons (Fsp3) is 0.950. The molecule has 140 valence electrons. The van der Waals surface area contributed by atoms with Crippen LogP contribution in [0.15, 0.2) is 0 Å². The van der Waals surface area contributed by atoms with Crippen molar-refractivity contribution in [3.05, 3.63) is 0 Å². The van der Waals surface area contributed by atoms with Gasteiger partial charge in [-0.05, 0) is 77.6 Å². The third-order valence-electron chi connectivity index (χ3n) is 5.73. The first kappa shape index (κ1) is 19.6. The minimum atomic E-state index is -0.415. The van der Waals surface area contributed by atoms with Gasteiger partial charge in [0, 0.05) is 25.2 Å². The minimum absolute atomic E-state index is 0.153. The second kappa shape index (κ2) is 8.07. The normalized spacial score (nSPS) is 33.2. The molecule has 1 saturated carbocycles. The van der Waals surface area contributed by atoms with Gasteiger partial charge in [0.25, 0.3) is 0 Å². The van der Waals surface area contributed by atoms with E-state index in [1.807, 2.05) is 25.7 Å². The number of rotatable bonds is 3. The van der Waals surface area contributed by atoms with Gasteiger partial charge in [-0.2, -0.15) is 0 Å². The number of nitrogens with one attached hydrogen (secondary N) is 1. The van der Waals surface area contributed by atoms with Crippen LogP contribution in [0, 0.1) is 17.8 Å². The molecule has 1 heterocycles. The summed E-state index contributed by atoms with van der Waals surface area (Å²) in [7, 11) is 0. The smallest absolute Gasteiger partial charge is 0.410 e. The average Bonchev–Trinajstić information content (AvgIpc) is 2.48. The largest absolute Gasteiger partial charge is 0.444 e. The van der Waals surface area contributed by atoms with Crippen LogP contribution in [0.3, 0.4) is 0 Å². The van der Waals surface area contributed by atoms with Gasteiger partial charge in [0.15, 0.2) is 0 Å². The Morgan fingerprint density at radius 3 is 2.54 bits per heavy atom. The lowest BCUT2D eigenvalue weighted by Crippen LogP contribution is -2.51. The molecule has 1 aliphatic carbocycles. The standard InChI is InChI=1S/C20H38N2O2/c1-14-9-10-18(15(2)12-14)21-16(3)17-8-7-11-22(13-17)19(23)24-20(4,5)6/h14-18,21H,7-13H2,1-6H3. The minimum Gasteiger partial charge on any atom is -0.444 e. The summed E-state index contributed by atoms with van der Waals surface area (Å²) in [6.45, 7) is 14.5. The Bertz CT molecular complexity index is 418. The molecule has 0 aromatic heterocycles. The van der Waals surface area contributed by atoms with E-state index in [0.29, 0.717) is 18.0 Å². The summed E-state index contributed by atoms with van der Waals surface area (Å²) in [6.07, 6.45) is 6.08. The molecule has 1 saturated heterocycles. The lowest BCUT2D eigenvalue weighted by molar-refractivity contribution is 0.0142. The first-order valence-electron chi connectivity index (χ1n) is 9.89. The van der Waals surface area contributed by atoms with Crippen molar-refractivity contribution in [3.8, 4) is 0 Å². The Balaban J connectivity index is 1.86. The maximum atomic E-state index is 12.3. The molecule has 0 radical (unpaired) electrons. The van der Waals surface area contributed by atoms with Crippen LogP contribution in [0.2, 0.25) is 0 Å². The van der Waals surface area contributed by atoms with Gasteiger partial charge in [-0.3, -0.25) is 0 Å². The SMILES string of the molecule is CC1CCC(NC(C)C2CCCN(C(=O)OC(C)(C)C)C2)C(C)C1. The summed E-state index contributed by atoms with van der Waals surface area (Å²) >= 11 is 0. The van der Waals surface area contributed by atoms with Crippen molar-refractivity contribution in [1.82, 2.24) is 10.2 Å². The maximum absolute atomic E-state index is 12.3. The van der Waals surface area contributed by atoms with Crippen molar-refractivity contribution in [3.63, 3.8) is 0 Å². The van der Waals surface area contributed by atoms with Crippen LogP contribution < -0.4 is 5.32 Å². The number of likely N-dealkylation sites (tertiary alicyclic amines) is 1. The molecule has 4 heteroatoms. The number of hydrogen-bond donors (Lipinski definition) is 1. The number of carbonyl (C=O) groups excluding carboxylic acids is 1. The van der Waals surface area contributed by atoms with Gasteiger partial charge >= 0.3 is 6.09 Å². The fourth-order valence-corrected chi connectivity index (χ4v) is 4.30. The number of carbonyl (C=O) groups is 1. The number of hydrogen-bond acceptors (Lipinski definition) is 3. The molecular formula is C20H38N2O2. The van der Waals surface area contributed by atoms with E-state index in [1.165, 1.54) is 25.7 Å². The third-order valence-corrected chi connectivity index (χ3v) is 5.73. The molecule has 1 amide bonds. The second-order valence-corrected chi connectivity index (χ2v) is 9.29. The van der Waals surface area contributed by atoms with E-state index in [-0.39, 0.29) is 6.09 Å². The molecule has 2 rings (SSSR count). The second-order valence-electron chi connectivity index (χ2n) is 9.29. The zero-order valence-corrected chi connectivity index (χ0v) is 16.6. The molecule has 5 unspecified atom stereocenters. The molecule has 0 bridgehead atoms. The van der Waals surface area contributed by atoms with Gasteiger partial charge < -0.3 is 15.0 Å². The molecular weight excluding hydrogens is 300 g/mol. The summed E-state index contributed by atoms with van der Waals surface area (Å²) in [5.74, 6) is 2.14. The Morgan fingerprint density at radius 1 is 1.21 bits per heavy atom. The van der Waals surface area contributed by atoms with Gasteiger partial charge in [-0.15, -0.1) is 0 Å². The number of piperidine rings is 1. The van der Waals surface area contributed by atoms with Crippen molar-refractivity contribution < 1.29 is 9.53 Å². The van der Waals surface area contributed by atoms with E-state index in [2.05, 4.69) is 26.1 Å². The van der Waals surface area contributed by atoms with Gasteiger partial charge in [0.2, 0.25) is 0 Å². The van der Waals surface area contributed by atoms with E-state index >= 15 is 0 Å². The predicted molar refractivity (Wildman–Crippen MR) is 99.1 cm³/mol. The third kappa shape index (κ3) is 5.65. The summed E-state index contributed by atoms with van der Waals surface area (Å²) in [5, 5.41) is 3.89. The van der Waals surface area contributed by atoms with E-state index in [4.69, 9.17) is 4.74 Å². The number of amides is 1. The van der Waals surface area contributed by atoms with Crippen LogP contribution in [0.1, 0.15) is 73.6 Å². The Morgan fingerprint density at radius 2 is 1.92 bits per heavy atom. The molecule has 1 aliphatic heterocycles. The quantitative estimate of drug-likeness (QED) is 0.827. The molecule has 4 nitrogen and oxygen atoms in total. The monoisotopic (exact) mass is 338 g/mol. The van der Waals surface area contributed by atoms with Crippen molar-refractivity contribution in [2.75, 3.05) is 13.1 Å². The summed E-state index contributed by atoms with van der Waals surface area (Å²) < 4.78 is 5.55.